The average Bonchev–Trinajstić information content (AvgIpc) is 2.73. The third-order valence-corrected chi connectivity index (χ3v) is 4.76. The minimum absolute atomic E-state index is 0.0902. The van der Waals surface area contributed by atoms with Crippen molar-refractivity contribution in [1.82, 2.24) is 9.80 Å². The lowest BCUT2D eigenvalue weighted by molar-refractivity contribution is -0.145. The molecule has 0 saturated carbocycles. The molecule has 0 aliphatic carbocycles. The van der Waals surface area contributed by atoms with E-state index in [4.69, 9.17) is 9.47 Å². The zero-order chi connectivity index (χ0) is 19.9. The van der Waals surface area contributed by atoms with Gasteiger partial charge in [-0.2, -0.15) is 0 Å². The van der Waals surface area contributed by atoms with Crippen molar-refractivity contribution in [2.45, 2.75) is 19.2 Å². The Balaban J connectivity index is 1.60. The zero-order valence-corrected chi connectivity index (χ0v) is 15.8. The molecule has 1 unspecified atom stereocenters. The van der Waals surface area contributed by atoms with Gasteiger partial charge in [0, 0.05) is 19.6 Å². The summed E-state index contributed by atoms with van der Waals surface area (Å²) in [5.74, 6) is -0.226. The Kier molecular flexibility index (Phi) is 6.49. The number of piperazine rings is 1. The quantitative estimate of drug-likeness (QED) is 0.825. The molecule has 3 rings (SSSR count). The first kappa shape index (κ1) is 19.7. The molecule has 1 heterocycles. The maximum Gasteiger partial charge on any atom is 0.410 e. The summed E-state index contributed by atoms with van der Waals surface area (Å²) < 4.78 is 10.6. The van der Waals surface area contributed by atoms with Gasteiger partial charge in [-0.25, -0.2) is 4.79 Å². The molecule has 1 aliphatic heterocycles. The minimum Gasteiger partial charge on any atom is -0.497 e. The second kappa shape index (κ2) is 9.23. The van der Waals surface area contributed by atoms with Crippen LogP contribution in [0.5, 0.6) is 5.75 Å². The number of carboxylic acids is 1. The summed E-state index contributed by atoms with van der Waals surface area (Å²) in [5.41, 5.74) is 1.85. The van der Waals surface area contributed by atoms with Crippen LogP contribution in [0.25, 0.3) is 0 Å². The number of aliphatic carboxylic acids is 1. The third kappa shape index (κ3) is 5.01. The van der Waals surface area contributed by atoms with Crippen LogP contribution in [0.3, 0.4) is 0 Å². The number of carbonyl (C=O) groups is 2. The Morgan fingerprint density at radius 3 is 2.54 bits per heavy atom. The highest BCUT2D eigenvalue weighted by atomic mass is 16.6. The van der Waals surface area contributed by atoms with E-state index in [1.807, 2.05) is 59.5 Å². The first-order valence-electron chi connectivity index (χ1n) is 9.12. The van der Waals surface area contributed by atoms with Crippen LogP contribution in [-0.2, 0) is 22.7 Å². The standard InChI is InChI=1S/C21H24N2O5/c1-27-18-9-5-8-17(12-18)13-22-10-11-23(14-19(22)20(24)25)21(26)28-15-16-6-3-2-4-7-16/h2-9,12,19H,10-11,13-15H2,1H3,(H,24,25). The number of benzene rings is 2. The van der Waals surface area contributed by atoms with Gasteiger partial charge in [-0.05, 0) is 23.3 Å². The summed E-state index contributed by atoms with van der Waals surface area (Å²) in [7, 11) is 1.60. The van der Waals surface area contributed by atoms with Gasteiger partial charge in [-0.3, -0.25) is 9.69 Å². The van der Waals surface area contributed by atoms with Crippen LogP contribution in [-0.4, -0.2) is 59.8 Å². The van der Waals surface area contributed by atoms with E-state index in [-0.39, 0.29) is 13.2 Å². The summed E-state index contributed by atoms with van der Waals surface area (Å²) in [6.45, 7) is 1.60. The molecule has 1 N–H and O–H groups in total. The largest absolute Gasteiger partial charge is 0.497 e. The van der Waals surface area contributed by atoms with Crippen LogP contribution in [0, 0.1) is 0 Å². The molecular formula is C21H24N2O5. The van der Waals surface area contributed by atoms with Gasteiger partial charge in [0.25, 0.3) is 0 Å². The normalized spacial score (nSPS) is 17.2. The second-order valence-corrected chi connectivity index (χ2v) is 6.66. The SMILES string of the molecule is COc1cccc(CN2CCN(C(=O)OCc3ccccc3)CC2C(=O)O)c1. The second-order valence-electron chi connectivity index (χ2n) is 6.66. The molecule has 0 spiro atoms. The number of carboxylic acid groups (broad SMARTS) is 1. The van der Waals surface area contributed by atoms with E-state index in [0.29, 0.717) is 19.6 Å². The van der Waals surface area contributed by atoms with Crippen LogP contribution in [0.2, 0.25) is 0 Å². The molecule has 7 heteroatoms. The highest BCUT2D eigenvalue weighted by Gasteiger charge is 2.34. The predicted octanol–water partition coefficient (Wildman–Crippen LogP) is 2.60. The molecule has 2 aromatic rings. The fourth-order valence-corrected chi connectivity index (χ4v) is 3.23. The Morgan fingerprint density at radius 1 is 1.07 bits per heavy atom. The lowest BCUT2D eigenvalue weighted by Crippen LogP contribution is -2.57. The highest BCUT2D eigenvalue weighted by molar-refractivity contribution is 5.76. The van der Waals surface area contributed by atoms with Crippen molar-refractivity contribution in [3.63, 3.8) is 0 Å². The molecule has 0 radical (unpaired) electrons. The first-order valence-corrected chi connectivity index (χ1v) is 9.12. The molecule has 1 saturated heterocycles. The van der Waals surface area contributed by atoms with Crippen LogP contribution in [0.1, 0.15) is 11.1 Å². The Labute approximate surface area is 164 Å². The van der Waals surface area contributed by atoms with Crippen molar-refractivity contribution >= 4 is 12.1 Å². The van der Waals surface area contributed by atoms with Gasteiger partial charge in [0.1, 0.15) is 18.4 Å². The molecular weight excluding hydrogens is 360 g/mol. The Hall–Kier alpha value is -3.06. The van der Waals surface area contributed by atoms with E-state index in [9.17, 15) is 14.7 Å². The lowest BCUT2D eigenvalue weighted by Gasteiger charge is -2.38. The number of hydrogen-bond acceptors (Lipinski definition) is 5. The first-order chi connectivity index (χ1) is 13.6. The number of amides is 1. The van der Waals surface area contributed by atoms with Crippen molar-refractivity contribution in [2.75, 3.05) is 26.7 Å². The maximum atomic E-state index is 12.4. The molecule has 1 aliphatic rings. The van der Waals surface area contributed by atoms with Gasteiger partial charge in [-0.15, -0.1) is 0 Å². The van der Waals surface area contributed by atoms with Crippen molar-refractivity contribution in [3.8, 4) is 5.75 Å². The topological polar surface area (TPSA) is 79.3 Å². The van der Waals surface area contributed by atoms with Crippen LogP contribution in [0.4, 0.5) is 4.79 Å². The molecule has 1 amide bonds. The smallest absolute Gasteiger partial charge is 0.410 e. The van der Waals surface area contributed by atoms with Gasteiger partial charge in [0.15, 0.2) is 0 Å². The predicted molar refractivity (Wildman–Crippen MR) is 103 cm³/mol. The van der Waals surface area contributed by atoms with E-state index < -0.39 is 18.1 Å². The van der Waals surface area contributed by atoms with E-state index >= 15 is 0 Å². The van der Waals surface area contributed by atoms with Crippen molar-refractivity contribution in [3.05, 3.63) is 65.7 Å². The van der Waals surface area contributed by atoms with Gasteiger partial charge >= 0.3 is 12.1 Å². The number of rotatable bonds is 6. The summed E-state index contributed by atoms with van der Waals surface area (Å²) in [5, 5.41) is 9.65. The number of hydrogen-bond donors (Lipinski definition) is 1. The monoisotopic (exact) mass is 384 g/mol. The molecule has 28 heavy (non-hydrogen) atoms. The zero-order valence-electron chi connectivity index (χ0n) is 15.8. The molecule has 0 bridgehead atoms. The summed E-state index contributed by atoms with van der Waals surface area (Å²) in [4.78, 5) is 27.5. The van der Waals surface area contributed by atoms with Gasteiger partial charge in [-0.1, -0.05) is 42.5 Å². The number of ether oxygens (including phenoxy) is 2. The summed E-state index contributed by atoms with van der Waals surface area (Å²) in [6, 6.07) is 16.1. The Morgan fingerprint density at radius 2 is 1.82 bits per heavy atom. The number of carbonyl (C=O) groups excluding carboxylic acids is 1. The van der Waals surface area contributed by atoms with Crippen molar-refractivity contribution in [2.24, 2.45) is 0 Å². The third-order valence-electron chi connectivity index (χ3n) is 4.76. The van der Waals surface area contributed by atoms with E-state index in [1.165, 1.54) is 4.90 Å². The molecule has 1 atom stereocenters. The number of methoxy groups -OCH3 is 1. The lowest BCUT2D eigenvalue weighted by atomic mass is 10.1. The maximum absolute atomic E-state index is 12.4. The van der Waals surface area contributed by atoms with Crippen LogP contribution >= 0.6 is 0 Å². The molecule has 148 valence electrons. The van der Waals surface area contributed by atoms with Crippen molar-refractivity contribution in [1.29, 1.82) is 0 Å². The molecule has 7 nitrogen and oxygen atoms in total. The van der Waals surface area contributed by atoms with Crippen LogP contribution in [0.15, 0.2) is 54.6 Å². The minimum atomic E-state index is -0.955. The van der Waals surface area contributed by atoms with Gasteiger partial charge in [0.2, 0.25) is 0 Å². The highest BCUT2D eigenvalue weighted by Crippen LogP contribution is 2.19. The Bertz CT molecular complexity index is 811. The summed E-state index contributed by atoms with van der Waals surface area (Å²) in [6.07, 6.45) is -0.490. The van der Waals surface area contributed by atoms with Crippen LogP contribution < -0.4 is 4.74 Å². The fraction of sp³-hybridized carbons (Fsp3) is 0.333. The van der Waals surface area contributed by atoms with Gasteiger partial charge < -0.3 is 19.5 Å². The van der Waals surface area contributed by atoms with E-state index in [0.717, 1.165) is 16.9 Å². The van der Waals surface area contributed by atoms with Crippen molar-refractivity contribution < 1.29 is 24.2 Å². The fourth-order valence-electron chi connectivity index (χ4n) is 3.23. The number of nitrogens with zero attached hydrogens (tertiary/aromatic N) is 2. The molecule has 2 aromatic carbocycles. The molecule has 1 fully saturated rings. The average molecular weight is 384 g/mol. The van der Waals surface area contributed by atoms with E-state index in [1.54, 1.807) is 7.11 Å². The summed E-state index contributed by atoms with van der Waals surface area (Å²) >= 11 is 0. The van der Waals surface area contributed by atoms with Gasteiger partial charge in [0.05, 0.1) is 13.7 Å². The molecule has 0 aromatic heterocycles. The van der Waals surface area contributed by atoms with E-state index in [2.05, 4.69) is 0 Å².